The number of carbonyl (C=O) groups is 1. The molecule has 0 aliphatic carbocycles. The Labute approximate surface area is 215 Å². The number of thiocarbonyl (C=S) groups is 1. The number of nitro benzene ring substituents is 1. The average Bonchev–Trinajstić information content (AvgIpc) is 2.85. The minimum Gasteiger partial charge on any atom is -0.370 e. The number of halogens is 1. The molecule has 8 nitrogen and oxygen atoms in total. The van der Waals surface area contributed by atoms with Crippen molar-refractivity contribution >= 4 is 57.6 Å². The maximum Gasteiger partial charge on any atom is 0.293 e. The van der Waals surface area contributed by atoms with Crippen molar-refractivity contribution in [3.63, 3.8) is 0 Å². The van der Waals surface area contributed by atoms with Crippen LogP contribution >= 0.6 is 23.8 Å². The normalized spacial score (nSPS) is 16.6. The minimum absolute atomic E-state index is 0.0760. The first-order chi connectivity index (χ1) is 16.8. The van der Waals surface area contributed by atoms with Gasteiger partial charge in [-0.05, 0) is 80.6 Å². The molecule has 2 aromatic rings. The fourth-order valence-electron chi connectivity index (χ4n) is 4.64. The van der Waals surface area contributed by atoms with Gasteiger partial charge in [-0.2, -0.15) is 0 Å². The number of anilines is 3. The minimum atomic E-state index is -0.513. The Kier molecular flexibility index (Phi) is 8.07. The number of hydrogen-bond acceptors (Lipinski definition) is 6. The highest BCUT2D eigenvalue weighted by molar-refractivity contribution is 7.80. The fourth-order valence-corrected chi connectivity index (χ4v) is 5.15. The van der Waals surface area contributed by atoms with E-state index in [1.807, 2.05) is 17.0 Å². The molecule has 2 aliphatic rings. The molecule has 186 valence electrons. The number of amides is 1. The number of nitrogens with zero attached hydrogens (tertiary/aromatic N) is 3. The number of nitrogens with one attached hydrogen (secondary N) is 2. The van der Waals surface area contributed by atoms with Crippen LogP contribution in [0.4, 0.5) is 22.7 Å². The van der Waals surface area contributed by atoms with Crippen LogP contribution in [0.1, 0.15) is 49.4 Å². The van der Waals surface area contributed by atoms with Crippen molar-refractivity contribution in [3.05, 3.63) is 57.1 Å². The molecule has 0 aromatic heterocycles. The van der Waals surface area contributed by atoms with Crippen molar-refractivity contribution in [2.24, 2.45) is 5.92 Å². The zero-order valence-electron chi connectivity index (χ0n) is 19.8. The van der Waals surface area contributed by atoms with E-state index >= 15 is 0 Å². The first kappa shape index (κ1) is 25.2. The third kappa shape index (κ3) is 6.21. The van der Waals surface area contributed by atoms with Gasteiger partial charge in [-0.25, -0.2) is 0 Å². The largest absolute Gasteiger partial charge is 0.370 e. The second-order valence-corrected chi connectivity index (χ2v) is 10.1. The van der Waals surface area contributed by atoms with Gasteiger partial charge in [0.05, 0.1) is 15.6 Å². The van der Waals surface area contributed by atoms with Crippen LogP contribution in [-0.2, 0) is 0 Å². The lowest BCUT2D eigenvalue weighted by Gasteiger charge is -2.32. The summed E-state index contributed by atoms with van der Waals surface area (Å²) in [5.74, 6) is 0.218. The summed E-state index contributed by atoms with van der Waals surface area (Å²) in [6, 6.07) is 10.2. The summed E-state index contributed by atoms with van der Waals surface area (Å²) in [7, 11) is 0. The van der Waals surface area contributed by atoms with Gasteiger partial charge in [-0.1, -0.05) is 18.5 Å². The molecule has 10 heteroatoms. The summed E-state index contributed by atoms with van der Waals surface area (Å²) in [5.41, 5.74) is 2.29. The van der Waals surface area contributed by atoms with Crippen molar-refractivity contribution in [3.8, 4) is 0 Å². The van der Waals surface area contributed by atoms with E-state index in [1.165, 1.54) is 6.07 Å². The summed E-state index contributed by atoms with van der Waals surface area (Å²) >= 11 is 11.8. The molecule has 2 aliphatic heterocycles. The van der Waals surface area contributed by atoms with E-state index in [1.54, 1.807) is 18.2 Å². The highest BCUT2D eigenvalue weighted by atomic mass is 35.5. The van der Waals surface area contributed by atoms with Crippen LogP contribution in [0.25, 0.3) is 0 Å². The van der Waals surface area contributed by atoms with Gasteiger partial charge in [0.15, 0.2) is 5.11 Å². The van der Waals surface area contributed by atoms with E-state index in [4.69, 9.17) is 23.8 Å². The van der Waals surface area contributed by atoms with E-state index in [0.717, 1.165) is 69.9 Å². The summed E-state index contributed by atoms with van der Waals surface area (Å²) in [4.78, 5) is 28.3. The van der Waals surface area contributed by atoms with Gasteiger partial charge in [-0.15, -0.1) is 0 Å². The Morgan fingerprint density at radius 1 is 1.03 bits per heavy atom. The second kappa shape index (κ2) is 11.2. The number of piperidine rings is 2. The standard InChI is InChI=1S/C25H30ClN5O3S/c1-17-9-13-30(14-10-17)21-8-6-19(16-20(21)26)27-25(35)28-24(32)18-5-7-22(23(15-18)31(33)34)29-11-3-2-4-12-29/h5-8,15-17H,2-4,9-14H2,1H3,(H2,27,28,32,35). The molecule has 1 amide bonds. The highest BCUT2D eigenvalue weighted by Crippen LogP contribution is 2.33. The molecule has 2 saturated heterocycles. The summed E-state index contributed by atoms with van der Waals surface area (Å²) in [5, 5.41) is 18.0. The van der Waals surface area contributed by atoms with Crippen LogP contribution in [0, 0.1) is 16.0 Å². The molecule has 0 saturated carbocycles. The first-order valence-corrected chi connectivity index (χ1v) is 12.8. The van der Waals surface area contributed by atoms with Crippen LogP contribution in [0.2, 0.25) is 5.02 Å². The predicted molar refractivity (Wildman–Crippen MR) is 145 cm³/mol. The van der Waals surface area contributed by atoms with E-state index < -0.39 is 10.8 Å². The topological polar surface area (TPSA) is 90.8 Å². The lowest BCUT2D eigenvalue weighted by Crippen LogP contribution is -2.34. The molecule has 0 unspecified atom stereocenters. The molecule has 2 N–H and O–H groups in total. The monoisotopic (exact) mass is 515 g/mol. The quantitative estimate of drug-likeness (QED) is 0.304. The molecular weight excluding hydrogens is 486 g/mol. The Morgan fingerprint density at radius 2 is 1.69 bits per heavy atom. The Morgan fingerprint density at radius 3 is 2.34 bits per heavy atom. The summed E-state index contributed by atoms with van der Waals surface area (Å²) in [6.07, 6.45) is 5.41. The Hall–Kier alpha value is -2.91. The van der Waals surface area contributed by atoms with Gasteiger partial charge in [0.2, 0.25) is 0 Å². The SMILES string of the molecule is CC1CCN(c2ccc(NC(=S)NC(=O)c3ccc(N4CCCCC4)c([N+](=O)[O-])c3)cc2Cl)CC1. The van der Waals surface area contributed by atoms with Crippen LogP contribution in [-0.4, -0.2) is 42.1 Å². The molecule has 4 rings (SSSR count). The Balaban J connectivity index is 1.40. The lowest BCUT2D eigenvalue weighted by molar-refractivity contribution is -0.384. The van der Waals surface area contributed by atoms with Gasteiger partial charge in [0.25, 0.3) is 11.6 Å². The van der Waals surface area contributed by atoms with Gasteiger partial charge in [0, 0.05) is 43.5 Å². The van der Waals surface area contributed by atoms with Crippen molar-refractivity contribution in [1.29, 1.82) is 0 Å². The van der Waals surface area contributed by atoms with Crippen molar-refractivity contribution in [1.82, 2.24) is 5.32 Å². The zero-order valence-corrected chi connectivity index (χ0v) is 21.3. The van der Waals surface area contributed by atoms with Crippen molar-refractivity contribution in [2.75, 3.05) is 41.3 Å². The molecule has 0 atom stereocenters. The van der Waals surface area contributed by atoms with E-state index in [0.29, 0.717) is 16.4 Å². The molecule has 0 bridgehead atoms. The fraction of sp³-hybridized carbons (Fsp3) is 0.440. The molecule has 2 heterocycles. The predicted octanol–water partition coefficient (Wildman–Crippen LogP) is 5.60. The van der Waals surface area contributed by atoms with E-state index in [-0.39, 0.29) is 16.4 Å². The van der Waals surface area contributed by atoms with Crippen LogP contribution in [0.5, 0.6) is 0 Å². The molecule has 0 spiro atoms. The van der Waals surface area contributed by atoms with E-state index in [2.05, 4.69) is 22.5 Å². The molecular formula is C25H30ClN5O3S. The molecule has 35 heavy (non-hydrogen) atoms. The molecule has 0 radical (unpaired) electrons. The number of hydrogen-bond donors (Lipinski definition) is 2. The number of benzene rings is 2. The molecule has 2 aromatic carbocycles. The van der Waals surface area contributed by atoms with Crippen LogP contribution < -0.4 is 20.4 Å². The van der Waals surface area contributed by atoms with Gasteiger partial charge >= 0.3 is 0 Å². The van der Waals surface area contributed by atoms with Gasteiger partial charge < -0.3 is 15.1 Å². The van der Waals surface area contributed by atoms with Crippen LogP contribution in [0.3, 0.4) is 0 Å². The van der Waals surface area contributed by atoms with Gasteiger partial charge in [0.1, 0.15) is 5.69 Å². The summed E-state index contributed by atoms with van der Waals surface area (Å²) < 4.78 is 0. The number of carbonyl (C=O) groups excluding carboxylic acids is 1. The van der Waals surface area contributed by atoms with Crippen LogP contribution in [0.15, 0.2) is 36.4 Å². The molecule has 2 fully saturated rings. The number of nitro groups is 1. The number of rotatable bonds is 5. The second-order valence-electron chi connectivity index (χ2n) is 9.25. The maximum absolute atomic E-state index is 12.8. The lowest BCUT2D eigenvalue weighted by atomic mass is 9.99. The van der Waals surface area contributed by atoms with Crippen molar-refractivity contribution < 1.29 is 9.72 Å². The first-order valence-electron chi connectivity index (χ1n) is 12.0. The third-order valence-electron chi connectivity index (χ3n) is 6.69. The highest BCUT2D eigenvalue weighted by Gasteiger charge is 2.23. The average molecular weight is 516 g/mol. The zero-order chi connectivity index (χ0) is 24.9. The maximum atomic E-state index is 12.8. The third-order valence-corrected chi connectivity index (χ3v) is 7.19. The summed E-state index contributed by atoms with van der Waals surface area (Å²) in [6.45, 7) is 5.77. The van der Waals surface area contributed by atoms with Crippen molar-refractivity contribution in [2.45, 2.75) is 39.0 Å². The Bertz CT molecular complexity index is 1110. The smallest absolute Gasteiger partial charge is 0.293 e. The van der Waals surface area contributed by atoms with E-state index in [9.17, 15) is 14.9 Å². The van der Waals surface area contributed by atoms with Gasteiger partial charge in [-0.3, -0.25) is 20.2 Å².